The second-order valence-corrected chi connectivity index (χ2v) is 5.98. The Kier molecular flexibility index (Phi) is 6.78. The van der Waals surface area contributed by atoms with Crippen molar-refractivity contribution in [3.05, 3.63) is 56.6 Å². The summed E-state index contributed by atoms with van der Waals surface area (Å²) in [6, 6.07) is 6.71. The summed E-state index contributed by atoms with van der Waals surface area (Å²) in [4.78, 5) is 34.4. The Morgan fingerprint density at radius 1 is 1.18 bits per heavy atom. The van der Waals surface area contributed by atoms with Gasteiger partial charge >= 0.3 is 5.97 Å². The normalized spacial score (nSPS) is 10.1. The number of benzene rings is 2. The summed E-state index contributed by atoms with van der Waals surface area (Å²) in [5.74, 6) is -0.865. The molecule has 0 heterocycles. The Labute approximate surface area is 165 Å². The third kappa shape index (κ3) is 4.89. The molecule has 0 bridgehead atoms. The number of rotatable bonds is 7. The van der Waals surface area contributed by atoms with Crippen molar-refractivity contribution in [3.8, 4) is 11.5 Å². The number of nitrogens with zero attached hydrogens (tertiary/aromatic N) is 1. The molecule has 0 aliphatic heterocycles. The Hall–Kier alpha value is -3.33. The standard InChI is InChI=1S/C18H17ClN2O7/c1-10-6-12(21(24)25)4-5-14(10)20-16(22)9-28-18(23)11-7-13(19)17(27-3)15(8-11)26-2/h4-8H,9H2,1-3H3,(H,20,22). The van der Waals surface area contributed by atoms with Gasteiger partial charge in [0, 0.05) is 17.8 Å². The van der Waals surface area contributed by atoms with Crippen LogP contribution < -0.4 is 14.8 Å². The largest absolute Gasteiger partial charge is 0.493 e. The molecule has 0 radical (unpaired) electrons. The van der Waals surface area contributed by atoms with Crippen LogP contribution in [0.15, 0.2) is 30.3 Å². The zero-order valence-corrected chi connectivity index (χ0v) is 16.0. The topological polar surface area (TPSA) is 117 Å². The molecule has 0 atom stereocenters. The molecule has 2 aromatic rings. The summed E-state index contributed by atoms with van der Waals surface area (Å²) in [6.45, 7) is 1.06. The number of ether oxygens (including phenoxy) is 3. The van der Waals surface area contributed by atoms with Crippen molar-refractivity contribution in [2.24, 2.45) is 0 Å². The highest BCUT2D eigenvalue weighted by molar-refractivity contribution is 6.32. The fourth-order valence-corrected chi connectivity index (χ4v) is 2.63. The van der Waals surface area contributed by atoms with Crippen molar-refractivity contribution < 1.29 is 28.7 Å². The summed E-state index contributed by atoms with van der Waals surface area (Å²) in [7, 11) is 2.80. The van der Waals surface area contributed by atoms with E-state index < -0.39 is 23.4 Å². The molecule has 28 heavy (non-hydrogen) atoms. The van der Waals surface area contributed by atoms with Crippen LogP contribution in [0.25, 0.3) is 0 Å². The average Bonchev–Trinajstić information content (AvgIpc) is 2.66. The molecule has 0 aliphatic carbocycles. The minimum atomic E-state index is -0.779. The van der Waals surface area contributed by atoms with Gasteiger partial charge in [0.1, 0.15) is 0 Å². The van der Waals surface area contributed by atoms with Gasteiger partial charge in [-0.3, -0.25) is 14.9 Å². The highest BCUT2D eigenvalue weighted by atomic mass is 35.5. The van der Waals surface area contributed by atoms with Gasteiger partial charge in [-0.05, 0) is 30.7 Å². The van der Waals surface area contributed by atoms with Crippen molar-refractivity contribution >= 4 is 34.9 Å². The zero-order chi connectivity index (χ0) is 20.8. The lowest BCUT2D eigenvalue weighted by atomic mass is 10.2. The second kappa shape index (κ2) is 9.05. The Balaban J connectivity index is 2.02. The second-order valence-electron chi connectivity index (χ2n) is 5.57. The number of hydrogen-bond donors (Lipinski definition) is 1. The number of esters is 1. The van der Waals surface area contributed by atoms with E-state index in [0.717, 1.165) is 0 Å². The quantitative estimate of drug-likeness (QED) is 0.424. The van der Waals surface area contributed by atoms with Gasteiger partial charge in [0.2, 0.25) is 0 Å². The summed E-state index contributed by atoms with van der Waals surface area (Å²) in [5.41, 5.74) is 0.871. The minimum absolute atomic E-state index is 0.0852. The van der Waals surface area contributed by atoms with Crippen LogP contribution in [-0.2, 0) is 9.53 Å². The first-order chi connectivity index (χ1) is 13.3. The van der Waals surface area contributed by atoms with Gasteiger partial charge in [0.05, 0.1) is 29.7 Å². The number of nitro benzene ring substituents is 1. The number of non-ortho nitro benzene ring substituents is 1. The first kappa shape index (κ1) is 21.0. The van der Waals surface area contributed by atoms with E-state index in [-0.39, 0.29) is 27.8 Å². The van der Waals surface area contributed by atoms with Gasteiger partial charge in [-0.25, -0.2) is 4.79 Å². The number of halogens is 1. The lowest BCUT2D eigenvalue weighted by Crippen LogP contribution is -2.21. The van der Waals surface area contributed by atoms with E-state index in [9.17, 15) is 19.7 Å². The number of carbonyl (C=O) groups is 2. The third-order valence-corrected chi connectivity index (χ3v) is 3.98. The molecule has 9 nitrogen and oxygen atoms in total. The molecule has 0 fully saturated rings. The lowest BCUT2D eigenvalue weighted by Gasteiger charge is -2.12. The fraction of sp³-hybridized carbons (Fsp3) is 0.222. The van der Waals surface area contributed by atoms with Gasteiger partial charge in [-0.2, -0.15) is 0 Å². The highest BCUT2D eigenvalue weighted by Gasteiger charge is 2.17. The van der Waals surface area contributed by atoms with Crippen molar-refractivity contribution in [2.75, 3.05) is 26.1 Å². The molecular weight excluding hydrogens is 392 g/mol. The van der Waals surface area contributed by atoms with Crippen molar-refractivity contribution in [2.45, 2.75) is 6.92 Å². The Morgan fingerprint density at radius 3 is 2.46 bits per heavy atom. The maximum absolute atomic E-state index is 12.2. The molecule has 1 amide bonds. The van der Waals surface area contributed by atoms with E-state index in [4.69, 9.17) is 25.8 Å². The van der Waals surface area contributed by atoms with E-state index in [1.165, 1.54) is 44.6 Å². The number of carbonyl (C=O) groups excluding carboxylic acids is 2. The monoisotopic (exact) mass is 408 g/mol. The molecule has 2 rings (SSSR count). The highest BCUT2D eigenvalue weighted by Crippen LogP contribution is 2.36. The number of methoxy groups -OCH3 is 2. The lowest BCUT2D eigenvalue weighted by molar-refractivity contribution is -0.384. The first-order valence-electron chi connectivity index (χ1n) is 7.90. The van der Waals surface area contributed by atoms with Crippen LogP contribution >= 0.6 is 11.6 Å². The number of nitro groups is 1. The number of nitrogens with one attached hydrogen (secondary N) is 1. The van der Waals surface area contributed by atoms with Crippen LogP contribution in [0.3, 0.4) is 0 Å². The molecule has 0 saturated heterocycles. The number of aryl methyl sites for hydroxylation is 1. The smallest absolute Gasteiger partial charge is 0.338 e. The maximum Gasteiger partial charge on any atom is 0.338 e. The molecule has 0 aliphatic rings. The van der Waals surface area contributed by atoms with E-state index in [0.29, 0.717) is 11.3 Å². The predicted molar refractivity (Wildman–Crippen MR) is 101 cm³/mol. The molecule has 2 aromatic carbocycles. The van der Waals surface area contributed by atoms with Crippen LogP contribution in [0, 0.1) is 17.0 Å². The van der Waals surface area contributed by atoms with Crippen LogP contribution in [-0.4, -0.2) is 37.6 Å². The van der Waals surface area contributed by atoms with Crippen molar-refractivity contribution in [3.63, 3.8) is 0 Å². The molecule has 0 saturated carbocycles. The van der Waals surface area contributed by atoms with E-state index in [1.807, 2.05) is 0 Å². The van der Waals surface area contributed by atoms with E-state index in [2.05, 4.69) is 5.32 Å². The van der Waals surface area contributed by atoms with E-state index in [1.54, 1.807) is 6.92 Å². The SMILES string of the molecule is COc1cc(C(=O)OCC(=O)Nc2ccc([N+](=O)[O-])cc2C)cc(Cl)c1OC. The fourth-order valence-electron chi connectivity index (χ4n) is 2.34. The minimum Gasteiger partial charge on any atom is -0.493 e. The summed E-state index contributed by atoms with van der Waals surface area (Å²) >= 11 is 6.04. The zero-order valence-electron chi connectivity index (χ0n) is 15.3. The first-order valence-corrected chi connectivity index (χ1v) is 8.28. The number of amides is 1. The van der Waals surface area contributed by atoms with Crippen LogP contribution in [0.2, 0.25) is 5.02 Å². The van der Waals surface area contributed by atoms with E-state index >= 15 is 0 Å². The molecule has 0 spiro atoms. The summed E-state index contributed by atoms with van der Waals surface area (Å²) < 4.78 is 15.2. The third-order valence-electron chi connectivity index (χ3n) is 3.70. The average molecular weight is 409 g/mol. The summed E-state index contributed by atoms with van der Waals surface area (Å²) in [6.07, 6.45) is 0. The van der Waals surface area contributed by atoms with Gasteiger partial charge < -0.3 is 19.5 Å². The van der Waals surface area contributed by atoms with Gasteiger partial charge in [0.15, 0.2) is 18.1 Å². The van der Waals surface area contributed by atoms with Crippen LogP contribution in [0.4, 0.5) is 11.4 Å². The molecule has 10 heteroatoms. The Bertz CT molecular complexity index is 930. The van der Waals surface area contributed by atoms with Gasteiger partial charge in [-0.1, -0.05) is 11.6 Å². The number of hydrogen-bond acceptors (Lipinski definition) is 7. The molecular formula is C18H17ClN2O7. The van der Waals surface area contributed by atoms with Crippen LogP contribution in [0.1, 0.15) is 15.9 Å². The Morgan fingerprint density at radius 2 is 1.89 bits per heavy atom. The number of anilines is 1. The van der Waals surface area contributed by atoms with Gasteiger partial charge in [-0.15, -0.1) is 0 Å². The summed E-state index contributed by atoms with van der Waals surface area (Å²) in [5, 5.41) is 13.4. The van der Waals surface area contributed by atoms with Gasteiger partial charge in [0.25, 0.3) is 11.6 Å². The maximum atomic E-state index is 12.2. The van der Waals surface area contributed by atoms with Crippen molar-refractivity contribution in [1.82, 2.24) is 0 Å². The molecule has 148 valence electrons. The van der Waals surface area contributed by atoms with Crippen molar-refractivity contribution in [1.29, 1.82) is 0 Å². The molecule has 0 aromatic heterocycles. The predicted octanol–water partition coefficient (Wildman–Crippen LogP) is 3.37. The molecule has 1 N–H and O–H groups in total. The van der Waals surface area contributed by atoms with Crippen LogP contribution in [0.5, 0.6) is 11.5 Å². The molecule has 0 unspecified atom stereocenters.